The summed E-state index contributed by atoms with van der Waals surface area (Å²) in [4.78, 5) is 34.4. The molecule has 0 bridgehead atoms. The molecule has 0 N–H and O–H groups in total. The van der Waals surface area contributed by atoms with Gasteiger partial charge in [-0.05, 0) is 61.4 Å². The summed E-state index contributed by atoms with van der Waals surface area (Å²) in [5.41, 5.74) is 1.64. The highest BCUT2D eigenvalue weighted by Gasteiger charge is 2.60. The molecule has 37 heavy (non-hydrogen) atoms. The van der Waals surface area contributed by atoms with Crippen molar-refractivity contribution >= 4 is 23.2 Å². The van der Waals surface area contributed by atoms with Crippen molar-refractivity contribution in [1.29, 1.82) is 0 Å². The van der Waals surface area contributed by atoms with Crippen LogP contribution in [0.1, 0.15) is 38.3 Å². The zero-order valence-corrected chi connectivity index (χ0v) is 20.8. The fourth-order valence-electron chi connectivity index (χ4n) is 4.84. The van der Waals surface area contributed by atoms with Crippen molar-refractivity contribution in [2.75, 3.05) is 23.2 Å². The number of hydroxylamine groups is 1. The lowest BCUT2D eigenvalue weighted by atomic mass is 9.90. The third-order valence-corrected chi connectivity index (χ3v) is 6.56. The van der Waals surface area contributed by atoms with Gasteiger partial charge in [0.2, 0.25) is 5.91 Å². The summed E-state index contributed by atoms with van der Waals surface area (Å²) in [6.07, 6.45) is 0.883. The second-order valence-electron chi connectivity index (χ2n) is 8.99. The van der Waals surface area contributed by atoms with E-state index >= 15 is 0 Å². The van der Waals surface area contributed by atoms with E-state index in [2.05, 4.69) is 6.92 Å². The van der Waals surface area contributed by atoms with Gasteiger partial charge in [0.15, 0.2) is 17.6 Å². The highest BCUT2D eigenvalue weighted by atomic mass is 19.1. The van der Waals surface area contributed by atoms with Crippen LogP contribution in [0.2, 0.25) is 0 Å². The molecule has 0 aliphatic carbocycles. The average Bonchev–Trinajstić information content (AvgIpc) is 3.41. The standard InChI is InChI=1S/C29H29FN2O5/c1-3-5-16-36-23-15-14-19(17-24(23)35-4-2)26-25-27(37-32(26)21-11-7-6-8-12-21)29(34)31(28(25)33)22-13-9-10-20(30)18-22/h6-15,17-18,25-27H,3-5,16H2,1-2H3/t25-,26+,27+/m1/s1. The van der Waals surface area contributed by atoms with Gasteiger partial charge in [-0.25, -0.2) is 14.4 Å². The van der Waals surface area contributed by atoms with Crippen LogP contribution in [0.15, 0.2) is 72.8 Å². The summed E-state index contributed by atoms with van der Waals surface area (Å²) in [5.74, 6) is -1.14. The lowest BCUT2D eigenvalue weighted by molar-refractivity contribution is -0.126. The van der Waals surface area contributed by atoms with Crippen molar-refractivity contribution in [3.05, 3.63) is 84.2 Å². The summed E-state index contributed by atoms with van der Waals surface area (Å²) in [6.45, 7) is 4.99. The highest BCUT2D eigenvalue weighted by molar-refractivity contribution is 6.23. The number of benzene rings is 3. The largest absolute Gasteiger partial charge is 0.490 e. The summed E-state index contributed by atoms with van der Waals surface area (Å²) >= 11 is 0. The van der Waals surface area contributed by atoms with Gasteiger partial charge in [0.05, 0.1) is 30.6 Å². The van der Waals surface area contributed by atoms with E-state index in [1.165, 1.54) is 18.2 Å². The van der Waals surface area contributed by atoms with Crippen LogP contribution in [-0.4, -0.2) is 31.1 Å². The Morgan fingerprint density at radius 1 is 0.865 bits per heavy atom. The van der Waals surface area contributed by atoms with E-state index in [4.69, 9.17) is 14.3 Å². The molecule has 2 fully saturated rings. The van der Waals surface area contributed by atoms with E-state index in [0.29, 0.717) is 30.4 Å². The maximum absolute atomic E-state index is 13.9. The van der Waals surface area contributed by atoms with E-state index in [1.54, 1.807) is 11.1 Å². The SMILES string of the molecule is CCCCOc1ccc([C@H]2[C@H]3C(=O)N(c4cccc(F)c4)C(=O)[C@H]3ON2c2ccccc2)cc1OCC. The molecule has 192 valence electrons. The van der Waals surface area contributed by atoms with Crippen molar-refractivity contribution in [2.45, 2.75) is 38.8 Å². The molecule has 2 aliphatic rings. The maximum atomic E-state index is 13.9. The zero-order valence-electron chi connectivity index (χ0n) is 20.8. The molecule has 0 aromatic heterocycles. The summed E-state index contributed by atoms with van der Waals surface area (Å²) in [6, 6.07) is 19.7. The number of carbonyl (C=O) groups is 2. The number of unbranched alkanes of at least 4 members (excludes halogenated alkanes) is 1. The zero-order chi connectivity index (χ0) is 25.9. The Balaban J connectivity index is 1.55. The van der Waals surface area contributed by atoms with Gasteiger partial charge in [0, 0.05) is 0 Å². The van der Waals surface area contributed by atoms with Crippen LogP contribution in [0.25, 0.3) is 0 Å². The minimum atomic E-state index is -1.04. The second-order valence-corrected chi connectivity index (χ2v) is 8.99. The van der Waals surface area contributed by atoms with Gasteiger partial charge in [0.25, 0.3) is 5.91 Å². The van der Waals surface area contributed by atoms with Crippen molar-refractivity contribution in [1.82, 2.24) is 0 Å². The number of carbonyl (C=O) groups excluding carboxylic acids is 2. The Bertz CT molecular complexity index is 1280. The van der Waals surface area contributed by atoms with Gasteiger partial charge in [0.1, 0.15) is 11.7 Å². The Morgan fingerprint density at radius 3 is 2.38 bits per heavy atom. The molecular formula is C29H29FN2O5. The minimum Gasteiger partial charge on any atom is -0.490 e. The lowest BCUT2D eigenvalue weighted by Gasteiger charge is -2.29. The molecule has 2 saturated heterocycles. The van der Waals surface area contributed by atoms with Gasteiger partial charge in [-0.15, -0.1) is 0 Å². The number of anilines is 2. The minimum absolute atomic E-state index is 0.188. The van der Waals surface area contributed by atoms with Crippen LogP contribution in [-0.2, 0) is 14.4 Å². The van der Waals surface area contributed by atoms with Gasteiger partial charge in [-0.3, -0.25) is 14.4 Å². The molecule has 8 heteroatoms. The molecule has 7 nitrogen and oxygen atoms in total. The number of para-hydroxylation sites is 1. The first kappa shape index (κ1) is 24.8. The number of nitrogens with zero attached hydrogens (tertiary/aromatic N) is 2. The molecule has 3 aromatic rings. The molecule has 0 radical (unpaired) electrons. The molecule has 5 rings (SSSR count). The van der Waals surface area contributed by atoms with Crippen LogP contribution in [0.5, 0.6) is 11.5 Å². The fourth-order valence-corrected chi connectivity index (χ4v) is 4.84. The Labute approximate surface area is 215 Å². The van der Waals surface area contributed by atoms with Crippen LogP contribution >= 0.6 is 0 Å². The van der Waals surface area contributed by atoms with Crippen molar-refractivity contribution in [3.8, 4) is 11.5 Å². The molecular weight excluding hydrogens is 475 g/mol. The first-order valence-corrected chi connectivity index (χ1v) is 12.6. The predicted octanol–water partition coefficient (Wildman–Crippen LogP) is 5.45. The Kier molecular flexibility index (Phi) is 7.10. The van der Waals surface area contributed by atoms with Crippen LogP contribution in [0.4, 0.5) is 15.8 Å². The number of amides is 2. The van der Waals surface area contributed by atoms with Crippen LogP contribution in [0, 0.1) is 11.7 Å². The lowest BCUT2D eigenvalue weighted by Crippen LogP contribution is -2.37. The van der Waals surface area contributed by atoms with E-state index in [0.717, 1.165) is 23.3 Å². The monoisotopic (exact) mass is 504 g/mol. The summed E-state index contributed by atoms with van der Waals surface area (Å²) in [5, 5.41) is 1.62. The van der Waals surface area contributed by atoms with Crippen LogP contribution in [0.3, 0.4) is 0 Å². The summed E-state index contributed by atoms with van der Waals surface area (Å²) in [7, 11) is 0. The Morgan fingerprint density at radius 2 is 1.65 bits per heavy atom. The molecule has 3 atom stereocenters. The van der Waals surface area contributed by atoms with Crippen molar-refractivity contribution in [2.24, 2.45) is 5.92 Å². The van der Waals surface area contributed by atoms with E-state index in [9.17, 15) is 14.0 Å². The normalized spacial score (nSPS) is 20.9. The molecule has 3 aromatic carbocycles. The molecule has 0 saturated carbocycles. The van der Waals surface area contributed by atoms with Crippen molar-refractivity contribution in [3.63, 3.8) is 0 Å². The predicted molar refractivity (Wildman–Crippen MR) is 137 cm³/mol. The number of imide groups is 1. The van der Waals surface area contributed by atoms with E-state index < -0.39 is 35.7 Å². The number of halogens is 1. The van der Waals surface area contributed by atoms with Gasteiger partial charge in [-0.1, -0.05) is 43.7 Å². The smallest absolute Gasteiger partial charge is 0.266 e. The first-order valence-electron chi connectivity index (χ1n) is 12.6. The third-order valence-electron chi connectivity index (χ3n) is 6.56. The number of rotatable bonds is 9. The Hall–Kier alpha value is -3.91. The van der Waals surface area contributed by atoms with Crippen molar-refractivity contribution < 1.29 is 28.3 Å². The summed E-state index contributed by atoms with van der Waals surface area (Å²) < 4.78 is 25.8. The quantitative estimate of drug-likeness (QED) is 0.285. The molecule has 2 heterocycles. The second kappa shape index (κ2) is 10.6. The number of hydrogen-bond acceptors (Lipinski definition) is 6. The maximum Gasteiger partial charge on any atom is 0.266 e. The average molecular weight is 505 g/mol. The highest BCUT2D eigenvalue weighted by Crippen LogP contribution is 2.48. The fraction of sp³-hybridized carbons (Fsp3) is 0.310. The van der Waals surface area contributed by atoms with Crippen LogP contribution < -0.4 is 19.4 Å². The molecule has 2 amide bonds. The third kappa shape index (κ3) is 4.64. The number of fused-ring (bicyclic) bond motifs is 1. The number of hydrogen-bond donors (Lipinski definition) is 0. The van der Waals surface area contributed by atoms with Gasteiger partial charge < -0.3 is 9.47 Å². The molecule has 0 unspecified atom stereocenters. The van der Waals surface area contributed by atoms with E-state index in [1.807, 2.05) is 55.5 Å². The van der Waals surface area contributed by atoms with Gasteiger partial charge in [-0.2, -0.15) is 0 Å². The first-order chi connectivity index (χ1) is 18.0. The molecule has 0 spiro atoms. The number of ether oxygens (including phenoxy) is 2. The topological polar surface area (TPSA) is 68.3 Å². The van der Waals surface area contributed by atoms with Gasteiger partial charge >= 0.3 is 0 Å². The van der Waals surface area contributed by atoms with E-state index in [-0.39, 0.29) is 5.69 Å². The molecule has 2 aliphatic heterocycles.